The monoisotopic (exact) mass is 226 g/mol. The Morgan fingerprint density at radius 2 is 2.00 bits per heavy atom. The lowest BCUT2D eigenvalue weighted by Gasteiger charge is -2.29. The van der Waals surface area contributed by atoms with Crippen LogP contribution >= 0.6 is 0 Å². The number of carbonyl (C=O) groups is 2. The Balaban J connectivity index is 2.70. The van der Waals surface area contributed by atoms with Crippen molar-refractivity contribution in [2.75, 3.05) is 6.54 Å². The van der Waals surface area contributed by atoms with Crippen LogP contribution in [0, 0.1) is 5.92 Å². The fraction of sp³-hybridized carbons (Fsp3) is 0.833. The van der Waals surface area contributed by atoms with Gasteiger partial charge in [0.1, 0.15) is 6.04 Å². The van der Waals surface area contributed by atoms with Crippen LogP contribution in [0.25, 0.3) is 0 Å². The quantitative estimate of drug-likeness (QED) is 0.785. The summed E-state index contributed by atoms with van der Waals surface area (Å²) in [5, 5.41) is 2.75. The number of rotatable bonds is 3. The van der Waals surface area contributed by atoms with Gasteiger partial charge in [0.15, 0.2) is 0 Å². The van der Waals surface area contributed by atoms with E-state index in [9.17, 15) is 9.59 Å². The summed E-state index contributed by atoms with van der Waals surface area (Å²) in [5.41, 5.74) is 0. The van der Waals surface area contributed by atoms with E-state index in [1.165, 1.54) is 6.92 Å². The molecule has 1 rings (SSSR count). The number of amides is 2. The van der Waals surface area contributed by atoms with Crippen LogP contribution < -0.4 is 5.32 Å². The Kier molecular flexibility index (Phi) is 4.33. The SMILES string of the molecule is CC(=O)NC(C(=O)N1CCC[C@H]1C)C(C)C. The number of hydrogen-bond donors (Lipinski definition) is 1. The van der Waals surface area contributed by atoms with Crippen molar-refractivity contribution < 1.29 is 9.59 Å². The van der Waals surface area contributed by atoms with Crippen LogP contribution in [0.2, 0.25) is 0 Å². The molecule has 0 spiro atoms. The molecular weight excluding hydrogens is 204 g/mol. The van der Waals surface area contributed by atoms with E-state index in [4.69, 9.17) is 0 Å². The number of hydrogen-bond acceptors (Lipinski definition) is 2. The van der Waals surface area contributed by atoms with Gasteiger partial charge < -0.3 is 10.2 Å². The average Bonchev–Trinajstić information content (AvgIpc) is 2.59. The molecule has 1 fully saturated rings. The van der Waals surface area contributed by atoms with Crippen molar-refractivity contribution in [3.63, 3.8) is 0 Å². The largest absolute Gasteiger partial charge is 0.344 e. The Labute approximate surface area is 97.4 Å². The second-order valence-corrected chi connectivity index (χ2v) is 4.95. The van der Waals surface area contributed by atoms with Crippen LogP contribution in [0.1, 0.15) is 40.5 Å². The molecule has 1 aliphatic rings. The fourth-order valence-corrected chi connectivity index (χ4v) is 2.17. The van der Waals surface area contributed by atoms with E-state index in [2.05, 4.69) is 12.2 Å². The van der Waals surface area contributed by atoms with Gasteiger partial charge in [0.2, 0.25) is 11.8 Å². The van der Waals surface area contributed by atoms with Crippen molar-refractivity contribution >= 4 is 11.8 Å². The Bertz CT molecular complexity index is 276. The van der Waals surface area contributed by atoms with Gasteiger partial charge in [-0.3, -0.25) is 9.59 Å². The fourth-order valence-electron chi connectivity index (χ4n) is 2.17. The number of nitrogens with zero attached hydrogens (tertiary/aromatic N) is 1. The van der Waals surface area contributed by atoms with Crippen LogP contribution in [0.15, 0.2) is 0 Å². The molecule has 1 aliphatic heterocycles. The number of nitrogens with one attached hydrogen (secondary N) is 1. The van der Waals surface area contributed by atoms with E-state index >= 15 is 0 Å². The molecule has 2 atom stereocenters. The highest BCUT2D eigenvalue weighted by atomic mass is 16.2. The average molecular weight is 226 g/mol. The zero-order chi connectivity index (χ0) is 12.3. The predicted molar refractivity (Wildman–Crippen MR) is 62.9 cm³/mol. The summed E-state index contributed by atoms with van der Waals surface area (Å²) in [7, 11) is 0. The molecule has 1 N–H and O–H groups in total. The molecule has 1 heterocycles. The first-order chi connectivity index (χ1) is 7.43. The normalized spacial score (nSPS) is 22.3. The molecule has 16 heavy (non-hydrogen) atoms. The van der Waals surface area contributed by atoms with Gasteiger partial charge in [-0.1, -0.05) is 13.8 Å². The van der Waals surface area contributed by atoms with Crippen LogP contribution in [-0.2, 0) is 9.59 Å². The molecule has 92 valence electrons. The van der Waals surface area contributed by atoms with Crippen molar-refractivity contribution in [1.29, 1.82) is 0 Å². The standard InChI is InChI=1S/C12H22N2O2/c1-8(2)11(13-10(4)15)12(16)14-7-5-6-9(14)3/h8-9,11H,5-7H2,1-4H3,(H,13,15)/t9-,11?/m1/s1. The lowest BCUT2D eigenvalue weighted by Crippen LogP contribution is -2.51. The first kappa shape index (κ1) is 13.0. The lowest BCUT2D eigenvalue weighted by atomic mass is 10.0. The number of carbonyl (C=O) groups excluding carboxylic acids is 2. The second kappa shape index (κ2) is 5.32. The summed E-state index contributed by atoms with van der Waals surface area (Å²) >= 11 is 0. The maximum Gasteiger partial charge on any atom is 0.245 e. The molecular formula is C12H22N2O2. The first-order valence-electron chi connectivity index (χ1n) is 6.01. The van der Waals surface area contributed by atoms with Gasteiger partial charge >= 0.3 is 0 Å². The Morgan fingerprint density at radius 1 is 1.38 bits per heavy atom. The Hall–Kier alpha value is -1.06. The third-order valence-electron chi connectivity index (χ3n) is 3.13. The van der Waals surface area contributed by atoms with Crippen LogP contribution in [-0.4, -0.2) is 35.3 Å². The van der Waals surface area contributed by atoms with Gasteiger partial charge in [-0.2, -0.15) is 0 Å². The van der Waals surface area contributed by atoms with Crippen molar-refractivity contribution in [1.82, 2.24) is 10.2 Å². The van der Waals surface area contributed by atoms with Crippen LogP contribution in [0.3, 0.4) is 0 Å². The summed E-state index contributed by atoms with van der Waals surface area (Å²) in [6, 6.07) is -0.0689. The predicted octanol–water partition coefficient (Wildman–Crippen LogP) is 1.16. The van der Waals surface area contributed by atoms with E-state index in [1.54, 1.807) is 0 Å². The maximum atomic E-state index is 12.2. The second-order valence-electron chi connectivity index (χ2n) is 4.95. The maximum absolute atomic E-state index is 12.2. The summed E-state index contributed by atoms with van der Waals surface area (Å²) in [6.07, 6.45) is 2.13. The van der Waals surface area contributed by atoms with Gasteiger partial charge in [-0.15, -0.1) is 0 Å². The van der Waals surface area contributed by atoms with E-state index in [0.29, 0.717) is 6.04 Å². The summed E-state index contributed by atoms with van der Waals surface area (Å²) < 4.78 is 0. The Morgan fingerprint density at radius 3 is 2.38 bits per heavy atom. The molecule has 4 nitrogen and oxygen atoms in total. The molecule has 2 amide bonds. The summed E-state index contributed by atoms with van der Waals surface area (Å²) in [6.45, 7) is 8.26. The smallest absolute Gasteiger partial charge is 0.245 e. The van der Waals surface area contributed by atoms with Gasteiger partial charge in [0.05, 0.1) is 0 Å². The highest BCUT2D eigenvalue weighted by molar-refractivity contribution is 5.87. The molecule has 1 unspecified atom stereocenters. The van der Waals surface area contributed by atoms with Gasteiger partial charge in [0.25, 0.3) is 0 Å². The number of likely N-dealkylation sites (tertiary alicyclic amines) is 1. The minimum absolute atomic E-state index is 0.0650. The van der Waals surface area contributed by atoms with Gasteiger partial charge in [-0.25, -0.2) is 0 Å². The van der Waals surface area contributed by atoms with Crippen LogP contribution in [0.5, 0.6) is 0 Å². The van der Waals surface area contributed by atoms with Crippen molar-refractivity contribution in [2.24, 2.45) is 5.92 Å². The molecule has 0 aliphatic carbocycles. The van der Waals surface area contributed by atoms with Gasteiger partial charge in [-0.05, 0) is 25.7 Å². The highest BCUT2D eigenvalue weighted by Gasteiger charge is 2.32. The summed E-state index contributed by atoms with van der Waals surface area (Å²) in [4.78, 5) is 25.2. The first-order valence-corrected chi connectivity index (χ1v) is 6.01. The molecule has 0 bridgehead atoms. The molecule has 4 heteroatoms. The van der Waals surface area contributed by atoms with E-state index in [1.807, 2.05) is 18.7 Å². The molecule has 0 radical (unpaired) electrons. The van der Waals surface area contributed by atoms with Crippen molar-refractivity contribution in [3.8, 4) is 0 Å². The minimum Gasteiger partial charge on any atom is -0.344 e. The minimum atomic E-state index is -0.377. The molecule has 0 aromatic heterocycles. The van der Waals surface area contributed by atoms with Crippen molar-refractivity contribution in [3.05, 3.63) is 0 Å². The van der Waals surface area contributed by atoms with Gasteiger partial charge in [0, 0.05) is 19.5 Å². The van der Waals surface area contributed by atoms with E-state index in [0.717, 1.165) is 19.4 Å². The highest BCUT2D eigenvalue weighted by Crippen LogP contribution is 2.19. The van der Waals surface area contributed by atoms with Crippen LogP contribution in [0.4, 0.5) is 0 Å². The third-order valence-corrected chi connectivity index (χ3v) is 3.13. The lowest BCUT2D eigenvalue weighted by molar-refractivity contribution is -0.137. The third kappa shape index (κ3) is 2.97. The van der Waals surface area contributed by atoms with E-state index in [-0.39, 0.29) is 23.8 Å². The molecule has 1 saturated heterocycles. The molecule has 0 saturated carbocycles. The topological polar surface area (TPSA) is 49.4 Å². The zero-order valence-corrected chi connectivity index (χ0v) is 10.6. The molecule has 0 aromatic carbocycles. The summed E-state index contributed by atoms with van der Waals surface area (Å²) in [5.74, 6) is 0.0540. The van der Waals surface area contributed by atoms with Crippen molar-refractivity contribution in [2.45, 2.75) is 52.6 Å². The molecule has 0 aromatic rings. The zero-order valence-electron chi connectivity index (χ0n) is 10.6. The van der Waals surface area contributed by atoms with E-state index < -0.39 is 0 Å².